The van der Waals surface area contributed by atoms with Crippen molar-refractivity contribution in [3.63, 3.8) is 0 Å². The third-order valence-corrected chi connectivity index (χ3v) is 6.37. The van der Waals surface area contributed by atoms with Gasteiger partial charge in [-0.25, -0.2) is 0 Å². The van der Waals surface area contributed by atoms with Crippen LogP contribution in [0.2, 0.25) is 0 Å². The number of nitrogens with zero attached hydrogens (tertiary/aromatic N) is 2. The van der Waals surface area contributed by atoms with Gasteiger partial charge in [-0.05, 0) is 49.9 Å². The third kappa shape index (κ3) is 2.86. The zero-order valence-electron chi connectivity index (χ0n) is 13.7. The van der Waals surface area contributed by atoms with Crippen molar-refractivity contribution < 1.29 is 4.74 Å². The maximum Gasteiger partial charge on any atom is 0.0962 e. The van der Waals surface area contributed by atoms with Gasteiger partial charge in [0.25, 0.3) is 0 Å². The minimum Gasteiger partial charge on any atom is -0.375 e. The van der Waals surface area contributed by atoms with Gasteiger partial charge >= 0.3 is 0 Å². The Kier molecular flexibility index (Phi) is 4.72. The number of hydrogen-bond donors (Lipinski definition) is 0. The van der Waals surface area contributed by atoms with Crippen LogP contribution in [0.5, 0.6) is 0 Å². The van der Waals surface area contributed by atoms with Gasteiger partial charge in [-0.2, -0.15) is 0 Å². The lowest BCUT2D eigenvalue weighted by molar-refractivity contribution is -0.108. The molecular formula is C18H34N2O. The van der Waals surface area contributed by atoms with Crippen LogP contribution in [0.25, 0.3) is 0 Å². The first-order valence-electron chi connectivity index (χ1n) is 8.30. The fourth-order valence-electron chi connectivity index (χ4n) is 4.73. The summed E-state index contributed by atoms with van der Waals surface area (Å²) in [4.78, 5) is 7.52. The maximum atomic E-state index is 5.62. The van der Waals surface area contributed by atoms with E-state index in [1.165, 1.54) is 18.7 Å². The zero-order valence-corrected chi connectivity index (χ0v) is 13.7. The van der Waals surface area contributed by atoms with Gasteiger partial charge in [-0.3, -0.25) is 4.99 Å². The predicted octanol–water partition coefficient (Wildman–Crippen LogP) is 3.83. The molecule has 21 heavy (non-hydrogen) atoms. The molecule has 1 heterocycles. The summed E-state index contributed by atoms with van der Waals surface area (Å²) >= 11 is 0. The number of amidine groups is 1. The number of hydrogen-bond acceptors (Lipinski definition) is 2. The minimum atomic E-state index is 0. The SMILES string of the molecule is C.CC(=N[C@H]1C[C@@H]2C[C@H]([C@@H]1C)C2(C)C)N1CCOC(C)C1. The minimum absolute atomic E-state index is 0. The van der Waals surface area contributed by atoms with E-state index in [1.54, 1.807) is 0 Å². The van der Waals surface area contributed by atoms with E-state index in [2.05, 4.69) is 39.5 Å². The number of ether oxygens (including phenoxy) is 1. The normalized spacial score (nSPS) is 42.0. The number of rotatable bonds is 1. The molecule has 5 atom stereocenters. The summed E-state index contributed by atoms with van der Waals surface area (Å²) in [5.74, 6) is 3.75. The Morgan fingerprint density at radius 1 is 1.24 bits per heavy atom. The average Bonchev–Trinajstić information content (AvgIpc) is 2.40. The molecule has 2 bridgehead atoms. The summed E-state index contributed by atoms with van der Waals surface area (Å²) in [6.07, 6.45) is 3.07. The van der Waals surface area contributed by atoms with Crippen LogP contribution >= 0.6 is 0 Å². The molecule has 4 rings (SSSR count). The van der Waals surface area contributed by atoms with Crippen molar-refractivity contribution in [2.45, 2.75) is 67.0 Å². The maximum absolute atomic E-state index is 5.62. The van der Waals surface area contributed by atoms with E-state index in [9.17, 15) is 0 Å². The van der Waals surface area contributed by atoms with Crippen molar-refractivity contribution in [2.75, 3.05) is 19.7 Å². The van der Waals surface area contributed by atoms with Gasteiger partial charge in [0.15, 0.2) is 0 Å². The van der Waals surface area contributed by atoms with E-state index in [0.717, 1.165) is 37.5 Å². The molecular weight excluding hydrogens is 260 g/mol. The van der Waals surface area contributed by atoms with E-state index >= 15 is 0 Å². The van der Waals surface area contributed by atoms with Crippen LogP contribution in [-0.2, 0) is 4.74 Å². The lowest BCUT2D eigenvalue weighted by atomic mass is 9.45. The van der Waals surface area contributed by atoms with Crippen LogP contribution < -0.4 is 0 Å². The second kappa shape index (κ2) is 5.91. The van der Waals surface area contributed by atoms with Gasteiger partial charge in [0, 0.05) is 13.1 Å². The molecule has 4 fully saturated rings. The molecule has 3 heteroatoms. The Labute approximate surface area is 131 Å². The third-order valence-electron chi connectivity index (χ3n) is 6.37. The largest absolute Gasteiger partial charge is 0.375 e. The number of fused-ring (bicyclic) bond motifs is 2. The second-order valence-electron chi connectivity index (χ2n) is 7.83. The molecule has 3 nitrogen and oxygen atoms in total. The molecule has 4 aliphatic rings. The van der Waals surface area contributed by atoms with Crippen LogP contribution in [0.4, 0.5) is 0 Å². The quantitative estimate of drug-likeness (QED) is 0.542. The van der Waals surface area contributed by atoms with E-state index < -0.39 is 0 Å². The molecule has 0 N–H and O–H groups in total. The first-order chi connectivity index (χ1) is 9.39. The van der Waals surface area contributed by atoms with Gasteiger partial charge in [-0.15, -0.1) is 0 Å². The highest BCUT2D eigenvalue weighted by molar-refractivity contribution is 5.80. The van der Waals surface area contributed by atoms with Gasteiger partial charge in [0.2, 0.25) is 0 Å². The Bertz CT molecular complexity index is 404. The summed E-state index contributed by atoms with van der Waals surface area (Å²) in [5.41, 5.74) is 0.562. The predicted molar refractivity (Wildman–Crippen MR) is 89.8 cm³/mol. The van der Waals surface area contributed by atoms with Crippen LogP contribution in [0, 0.1) is 23.2 Å². The highest BCUT2D eigenvalue weighted by Gasteiger charge is 2.56. The fourth-order valence-corrected chi connectivity index (χ4v) is 4.73. The molecule has 1 unspecified atom stereocenters. The van der Waals surface area contributed by atoms with Crippen LogP contribution in [-0.4, -0.2) is 42.6 Å². The number of aliphatic imine (C=N–C) groups is 1. The summed E-state index contributed by atoms with van der Waals surface area (Å²) in [6.45, 7) is 14.5. The molecule has 1 aliphatic heterocycles. The van der Waals surface area contributed by atoms with E-state index in [4.69, 9.17) is 9.73 Å². The standard InChI is InChI=1S/C17H30N2O.CH4/c1-11-10-19(6-7-20-11)13(3)18-16-9-14-8-15(12(16)2)17(14,4)5;/h11-12,14-16H,6-10H2,1-5H3;1H4/t11?,12-,14-,15+,16-;/m0./s1. The van der Waals surface area contributed by atoms with Gasteiger partial charge < -0.3 is 9.64 Å². The Morgan fingerprint density at radius 2 is 1.95 bits per heavy atom. The van der Waals surface area contributed by atoms with Gasteiger partial charge in [-0.1, -0.05) is 28.2 Å². The molecule has 1 saturated heterocycles. The van der Waals surface area contributed by atoms with Crippen molar-refractivity contribution in [3.05, 3.63) is 0 Å². The molecule has 0 spiro atoms. The molecule has 122 valence electrons. The van der Waals surface area contributed by atoms with Crippen molar-refractivity contribution >= 4 is 5.84 Å². The van der Waals surface area contributed by atoms with Crippen LogP contribution in [0.15, 0.2) is 4.99 Å². The second-order valence-corrected chi connectivity index (χ2v) is 7.83. The molecule has 3 aliphatic carbocycles. The van der Waals surface area contributed by atoms with Crippen molar-refractivity contribution in [1.82, 2.24) is 4.90 Å². The fraction of sp³-hybridized carbons (Fsp3) is 0.944. The summed E-state index contributed by atoms with van der Waals surface area (Å²) < 4.78 is 5.62. The molecule has 0 aromatic rings. The molecule has 0 amide bonds. The lowest BCUT2D eigenvalue weighted by Gasteiger charge is -2.61. The molecule has 3 saturated carbocycles. The first-order valence-corrected chi connectivity index (χ1v) is 8.30. The topological polar surface area (TPSA) is 24.8 Å². The van der Waals surface area contributed by atoms with E-state index in [0.29, 0.717) is 17.6 Å². The summed E-state index contributed by atoms with van der Waals surface area (Å²) in [6, 6.07) is 0.546. The van der Waals surface area contributed by atoms with E-state index in [-0.39, 0.29) is 7.43 Å². The first kappa shape index (κ1) is 16.8. The molecule has 0 radical (unpaired) electrons. The van der Waals surface area contributed by atoms with Crippen LogP contribution in [0.3, 0.4) is 0 Å². The Hall–Kier alpha value is -0.570. The van der Waals surface area contributed by atoms with Crippen LogP contribution in [0.1, 0.15) is 54.9 Å². The number of morpholine rings is 1. The van der Waals surface area contributed by atoms with Gasteiger partial charge in [0.1, 0.15) is 0 Å². The molecule has 0 aromatic heterocycles. The highest BCUT2D eigenvalue weighted by Crippen LogP contribution is 2.61. The van der Waals surface area contributed by atoms with Crippen molar-refractivity contribution in [3.8, 4) is 0 Å². The monoisotopic (exact) mass is 294 g/mol. The Balaban J connectivity index is 0.00000161. The smallest absolute Gasteiger partial charge is 0.0962 e. The molecule has 0 aromatic carbocycles. The van der Waals surface area contributed by atoms with E-state index in [1.807, 2.05) is 0 Å². The average molecular weight is 294 g/mol. The van der Waals surface area contributed by atoms with Gasteiger partial charge in [0.05, 0.1) is 24.6 Å². The highest BCUT2D eigenvalue weighted by atomic mass is 16.5. The van der Waals surface area contributed by atoms with Crippen molar-refractivity contribution in [1.29, 1.82) is 0 Å². The Morgan fingerprint density at radius 3 is 2.52 bits per heavy atom. The zero-order chi connectivity index (χ0) is 14.5. The summed E-state index contributed by atoms with van der Waals surface area (Å²) in [7, 11) is 0. The lowest BCUT2D eigenvalue weighted by Crippen LogP contribution is -2.56. The van der Waals surface area contributed by atoms with Crippen molar-refractivity contribution in [2.24, 2.45) is 28.2 Å². The summed E-state index contributed by atoms with van der Waals surface area (Å²) in [5, 5.41) is 0.